The predicted molar refractivity (Wildman–Crippen MR) is 69.6 cm³/mol. The third-order valence-corrected chi connectivity index (χ3v) is 4.82. The van der Waals surface area contributed by atoms with Crippen molar-refractivity contribution in [3.8, 4) is 0 Å². The number of hydrogen-bond acceptors (Lipinski definition) is 2. The van der Waals surface area contributed by atoms with E-state index in [1.165, 1.54) is 38.8 Å². The molecule has 2 aliphatic rings. The zero-order chi connectivity index (χ0) is 11.5. The summed E-state index contributed by atoms with van der Waals surface area (Å²) in [4.78, 5) is 2.74. The number of likely N-dealkylation sites (N-methyl/N-ethyl adjacent to an activating group) is 1. The lowest BCUT2D eigenvalue weighted by atomic mass is 10.0. The van der Waals surface area contributed by atoms with E-state index in [9.17, 15) is 0 Å². The molecule has 1 saturated heterocycles. The predicted octanol–water partition coefficient (Wildman–Crippen LogP) is 2.49. The first-order chi connectivity index (χ1) is 7.76. The summed E-state index contributed by atoms with van der Waals surface area (Å²) in [7, 11) is 0. The van der Waals surface area contributed by atoms with Gasteiger partial charge in [0.15, 0.2) is 0 Å². The molecule has 4 atom stereocenters. The van der Waals surface area contributed by atoms with Crippen LogP contribution >= 0.6 is 0 Å². The summed E-state index contributed by atoms with van der Waals surface area (Å²) in [5, 5.41) is 3.63. The third kappa shape index (κ3) is 2.43. The van der Waals surface area contributed by atoms with Crippen molar-refractivity contribution >= 4 is 0 Å². The molecule has 0 amide bonds. The average molecular weight is 224 g/mol. The molecule has 1 saturated carbocycles. The van der Waals surface area contributed by atoms with Gasteiger partial charge in [-0.25, -0.2) is 0 Å². The first-order valence-corrected chi connectivity index (χ1v) is 7.23. The summed E-state index contributed by atoms with van der Waals surface area (Å²) in [5.41, 5.74) is 0. The minimum Gasteiger partial charge on any atom is -0.313 e. The van der Waals surface area contributed by atoms with Gasteiger partial charge in [0.05, 0.1) is 0 Å². The van der Waals surface area contributed by atoms with Gasteiger partial charge in [-0.2, -0.15) is 0 Å². The molecule has 0 spiro atoms. The summed E-state index contributed by atoms with van der Waals surface area (Å²) in [6.45, 7) is 10.8. The third-order valence-electron chi connectivity index (χ3n) is 4.82. The van der Waals surface area contributed by atoms with Crippen LogP contribution in [-0.2, 0) is 0 Å². The van der Waals surface area contributed by atoms with E-state index in [0.717, 1.165) is 24.4 Å². The highest BCUT2D eigenvalue weighted by Gasteiger charge is 2.38. The van der Waals surface area contributed by atoms with Crippen molar-refractivity contribution in [3.05, 3.63) is 0 Å². The van der Waals surface area contributed by atoms with E-state index in [0.29, 0.717) is 6.04 Å². The molecule has 1 aliphatic heterocycles. The smallest absolute Gasteiger partial charge is 0.0221 e. The molecule has 2 rings (SSSR count). The summed E-state index contributed by atoms with van der Waals surface area (Å²) in [5.74, 6) is 2.06. The summed E-state index contributed by atoms with van der Waals surface area (Å²) in [6, 6.07) is 1.40. The second-order valence-electron chi connectivity index (χ2n) is 5.72. The van der Waals surface area contributed by atoms with Gasteiger partial charge in [-0.05, 0) is 44.6 Å². The van der Waals surface area contributed by atoms with E-state index in [1.54, 1.807) is 0 Å². The minimum atomic E-state index is 0.684. The molecule has 0 aromatic carbocycles. The van der Waals surface area contributed by atoms with Crippen molar-refractivity contribution in [1.29, 1.82) is 0 Å². The Balaban J connectivity index is 1.87. The van der Waals surface area contributed by atoms with Crippen LogP contribution in [0.3, 0.4) is 0 Å². The lowest BCUT2D eigenvalue weighted by molar-refractivity contribution is 0.190. The quantitative estimate of drug-likeness (QED) is 0.772. The Hall–Kier alpha value is -0.0800. The van der Waals surface area contributed by atoms with E-state index in [4.69, 9.17) is 0 Å². The first-order valence-electron chi connectivity index (χ1n) is 7.23. The number of rotatable bonds is 5. The summed E-state index contributed by atoms with van der Waals surface area (Å²) < 4.78 is 0. The average Bonchev–Trinajstić information content (AvgIpc) is 2.84. The number of likely N-dealkylation sites (tertiary alicyclic amines) is 1. The van der Waals surface area contributed by atoms with Crippen LogP contribution < -0.4 is 5.32 Å². The normalized spacial score (nSPS) is 33.9. The Labute approximate surface area is 101 Å². The zero-order valence-corrected chi connectivity index (χ0v) is 11.2. The van der Waals surface area contributed by atoms with E-state index in [1.807, 2.05) is 0 Å². The molecule has 0 radical (unpaired) electrons. The molecule has 94 valence electrons. The number of fused-ring (bicyclic) bond motifs is 1. The molecule has 0 aromatic heterocycles. The largest absolute Gasteiger partial charge is 0.313 e. The molecule has 2 fully saturated rings. The van der Waals surface area contributed by atoms with Gasteiger partial charge in [0.1, 0.15) is 0 Å². The van der Waals surface area contributed by atoms with E-state index < -0.39 is 0 Å². The van der Waals surface area contributed by atoms with E-state index >= 15 is 0 Å². The van der Waals surface area contributed by atoms with Gasteiger partial charge < -0.3 is 5.32 Å². The number of hydrogen-bond donors (Lipinski definition) is 1. The van der Waals surface area contributed by atoms with Crippen LogP contribution in [0.25, 0.3) is 0 Å². The molecule has 0 bridgehead atoms. The standard InChI is InChI=1S/C14H28N2/c1-4-14(15-5-2)11(3)16-9-12-7-6-8-13(12)10-16/h11-15H,4-10H2,1-3H3. The second-order valence-corrected chi connectivity index (χ2v) is 5.72. The molecule has 2 heteroatoms. The summed E-state index contributed by atoms with van der Waals surface area (Å²) >= 11 is 0. The molecule has 4 unspecified atom stereocenters. The van der Waals surface area contributed by atoms with Gasteiger partial charge in [-0.1, -0.05) is 20.3 Å². The second kappa shape index (κ2) is 5.50. The van der Waals surface area contributed by atoms with Crippen molar-refractivity contribution in [2.24, 2.45) is 11.8 Å². The Morgan fingerprint density at radius 1 is 1.19 bits per heavy atom. The Morgan fingerprint density at radius 3 is 2.31 bits per heavy atom. The van der Waals surface area contributed by atoms with Gasteiger partial charge >= 0.3 is 0 Å². The van der Waals surface area contributed by atoms with Crippen molar-refractivity contribution in [2.45, 2.75) is 58.5 Å². The molecule has 0 aromatic rings. The maximum atomic E-state index is 3.63. The topological polar surface area (TPSA) is 15.3 Å². The van der Waals surface area contributed by atoms with Crippen LogP contribution in [0.2, 0.25) is 0 Å². The SMILES string of the molecule is CCNC(CC)C(C)N1CC2CCCC2C1. The maximum absolute atomic E-state index is 3.63. The molecule has 16 heavy (non-hydrogen) atoms. The summed E-state index contributed by atoms with van der Waals surface area (Å²) in [6.07, 6.45) is 5.72. The number of nitrogens with one attached hydrogen (secondary N) is 1. The van der Waals surface area contributed by atoms with Gasteiger partial charge in [0, 0.05) is 25.2 Å². The maximum Gasteiger partial charge on any atom is 0.0221 e. The van der Waals surface area contributed by atoms with Gasteiger partial charge in [0.2, 0.25) is 0 Å². The van der Waals surface area contributed by atoms with Crippen LogP contribution in [0.5, 0.6) is 0 Å². The molecular weight excluding hydrogens is 196 g/mol. The fraction of sp³-hybridized carbons (Fsp3) is 1.00. The lowest BCUT2D eigenvalue weighted by Gasteiger charge is -2.32. The van der Waals surface area contributed by atoms with E-state index in [2.05, 4.69) is 31.0 Å². The van der Waals surface area contributed by atoms with Crippen molar-refractivity contribution in [3.63, 3.8) is 0 Å². The highest BCUT2D eigenvalue weighted by atomic mass is 15.2. The Bertz CT molecular complexity index is 205. The Kier molecular flexibility index (Phi) is 4.26. The lowest BCUT2D eigenvalue weighted by Crippen LogP contribution is -2.47. The fourth-order valence-electron chi connectivity index (χ4n) is 3.78. The van der Waals surface area contributed by atoms with Crippen LogP contribution in [0.15, 0.2) is 0 Å². The minimum absolute atomic E-state index is 0.684. The molecular formula is C14H28N2. The first kappa shape index (κ1) is 12.4. The van der Waals surface area contributed by atoms with Gasteiger partial charge in [-0.15, -0.1) is 0 Å². The highest BCUT2D eigenvalue weighted by Crippen LogP contribution is 2.38. The highest BCUT2D eigenvalue weighted by molar-refractivity contribution is 4.92. The van der Waals surface area contributed by atoms with Crippen LogP contribution in [-0.4, -0.2) is 36.6 Å². The molecule has 1 N–H and O–H groups in total. The fourth-order valence-corrected chi connectivity index (χ4v) is 3.78. The zero-order valence-electron chi connectivity index (χ0n) is 11.2. The van der Waals surface area contributed by atoms with Crippen molar-refractivity contribution < 1.29 is 0 Å². The molecule has 1 aliphatic carbocycles. The Morgan fingerprint density at radius 2 is 1.81 bits per heavy atom. The van der Waals surface area contributed by atoms with Crippen LogP contribution in [0.4, 0.5) is 0 Å². The van der Waals surface area contributed by atoms with Crippen molar-refractivity contribution in [1.82, 2.24) is 10.2 Å². The number of nitrogens with zero attached hydrogens (tertiary/aromatic N) is 1. The van der Waals surface area contributed by atoms with Crippen molar-refractivity contribution in [2.75, 3.05) is 19.6 Å². The molecule has 1 heterocycles. The monoisotopic (exact) mass is 224 g/mol. The van der Waals surface area contributed by atoms with Gasteiger partial charge in [0.25, 0.3) is 0 Å². The van der Waals surface area contributed by atoms with Crippen LogP contribution in [0, 0.1) is 11.8 Å². The van der Waals surface area contributed by atoms with Gasteiger partial charge in [-0.3, -0.25) is 4.90 Å². The van der Waals surface area contributed by atoms with E-state index in [-0.39, 0.29) is 0 Å². The molecule has 2 nitrogen and oxygen atoms in total. The van der Waals surface area contributed by atoms with Crippen LogP contribution in [0.1, 0.15) is 46.5 Å².